The molecule has 0 radical (unpaired) electrons. The smallest absolute Gasteiger partial charge is 0.255 e. The molecule has 2 aromatic rings. The van der Waals surface area contributed by atoms with Crippen LogP contribution in [0.1, 0.15) is 40.7 Å². The number of anilines is 1. The summed E-state index contributed by atoms with van der Waals surface area (Å²) in [7, 11) is 0. The molecule has 0 bridgehead atoms. The van der Waals surface area contributed by atoms with Crippen molar-refractivity contribution in [3.8, 4) is 5.75 Å². The zero-order valence-electron chi connectivity index (χ0n) is 14.4. The Hall–Kier alpha value is -2.11. The lowest BCUT2D eigenvalue weighted by Crippen LogP contribution is -2.25. The summed E-state index contributed by atoms with van der Waals surface area (Å²) < 4.78 is 20.4. The maximum atomic E-state index is 14.6. The second-order valence-electron chi connectivity index (χ2n) is 6.64. The number of ether oxygens (including phenoxy) is 1. The highest BCUT2D eigenvalue weighted by atomic mass is 35.5. The van der Waals surface area contributed by atoms with Crippen LogP contribution >= 0.6 is 12.4 Å². The Labute approximate surface area is 158 Å². The lowest BCUT2D eigenvalue weighted by atomic mass is 9.96. The van der Waals surface area contributed by atoms with Gasteiger partial charge in [0.1, 0.15) is 11.6 Å². The lowest BCUT2D eigenvalue weighted by molar-refractivity contribution is 0.102. The zero-order chi connectivity index (χ0) is 17.2. The average molecular weight is 377 g/mol. The Morgan fingerprint density at radius 1 is 1.15 bits per heavy atom. The molecule has 6 heteroatoms. The fourth-order valence-corrected chi connectivity index (χ4v) is 3.19. The quantitative estimate of drug-likeness (QED) is 0.845. The third kappa shape index (κ3) is 3.84. The minimum Gasteiger partial charge on any atom is -0.490 e. The summed E-state index contributed by atoms with van der Waals surface area (Å²) in [5, 5.41) is 5.90. The van der Waals surface area contributed by atoms with Crippen molar-refractivity contribution in [3.05, 3.63) is 58.9 Å². The molecule has 0 saturated heterocycles. The summed E-state index contributed by atoms with van der Waals surface area (Å²) in [6.07, 6.45) is 4.34. The lowest BCUT2D eigenvalue weighted by Gasteiger charge is -2.26. The van der Waals surface area contributed by atoms with Gasteiger partial charge >= 0.3 is 0 Å². The van der Waals surface area contributed by atoms with E-state index in [0.29, 0.717) is 30.2 Å². The minimum absolute atomic E-state index is 0. The van der Waals surface area contributed by atoms with Crippen molar-refractivity contribution < 1.29 is 13.9 Å². The molecule has 2 aliphatic rings. The molecule has 0 unspecified atom stereocenters. The van der Waals surface area contributed by atoms with Crippen LogP contribution in [0.5, 0.6) is 5.75 Å². The van der Waals surface area contributed by atoms with E-state index in [2.05, 4.69) is 10.6 Å². The molecular weight excluding hydrogens is 355 g/mol. The third-order valence-electron chi connectivity index (χ3n) is 4.93. The highest BCUT2D eigenvalue weighted by Crippen LogP contribution is 2.27. The monoisotopic (exact) mass is 376 g/mol. The Kier molecular flexibility index (Phi) is 5.79. The van der Waals surface area contributed by atoms with Crippen LogP contribution in [0.25, 0.3) is 0 Å². The van der Waals surface area contributed by atoms with Crippen LogP contribution in [0.15, 0.2) is 36.4 Å². The summed E-state index contributed by atoms with van der Waals surface area (Å²) in [5.74, 6) is 0.133. The molecule has 26 heavy (non-hydrogen) atoms. The van der Waals surface area contributed by atoms with Gasteiger partial charge in [0.2, 0.25) is 0 Å². The van der Waals surface area contributed by atoms with Gasteiger partial charge in [-0.25, -0.2) is 4.39 Å². The normalized spacial score (nSPS) is 16.0. The summed E-state index contributed by atoms with van der Waals surface area (Å²) >= 11 is 0. The van der Waals surface area contributed by atoms with Crippen LogP contribution in [0.2, 0.25) is 0 Å². The number of carbonyl (C=O) groups is 1. The Balaban J connectivity index is 0.00000196. The van der Waals surface area contributed by atoms with E-state index in [1.807, 2.05) is 6.07 Å². The SMILES string of the molecule is Cl.O=C(Nc1ccc2c(c1F)CCNC2)c1ccc(OC2CCC2)cc1. The van der Waals surface area contributed by atoms with Gasteiger partial charge in [-0.2, -0.15) is 0 Å². The molecule has 1 aliphatic carbocycles. The number of fused-ring (bicyclic) bond motifs is 1. The maximum Gasteiger partial charge on any atom is 0.255 e. The minimum atomic E-state index is -0.322. The predicted octanol–water partition coefficient (Wildman–Crippen LogP) is 4.08. The van der Waals surface area contributed by atoms with Crippen LogP contribution < -0.4 is 15.4 Å². The molecular formula is C20H22ClFN2O2. The van der Waals surface area contributed by atoms with Crippen LogP contribution in [-0.2, 0) is 13.0 Å². The van der Waals surface area contributed by atoms with Crippen LogP contribution in [0, 0.1) is 5.82 Å². The first-order chi connectivity index (χ1) is 12.2. The molecule has 0 aromatic heterocycles. The molecule has 0 atom stereocenters. The first-order valence-electron chi connectivity index (χ1n) is 8.80. The molecule has 4 nitrogen and oxygen atoms in total. The molecule has 1 fully saturated rings. The number of benzene rings is 2. The maximum absolute atomic E-state index is 14.6. The summed E-state index contributed by atoms with van der Waals surface area (Å²) in [4.78, 5) is 12.4. The van der Waals surface area contributed by atoms with Gasteiger partial charge in [-0.05, 0) is 73.7 Å². The average Bonchev–Trinajstić information content (AvgIpc) is 2.61. The molecule has 1 amide bonds. The number of halogens is 2. The fourth-order valence-electron chi connectivity index (χ4n) is 3.19. The highest BCUT2D eigenvalue weighted by Gasteiger charge is 2.20. The molecule has 0 spiro atoms. The number of carbonyl (C=O) groups excluding carboxylic acids is 1. The second-order valence-corrected chi connectivity index (χ2v) is 6.64. The highest BCUT2D eigenvalue weighted by molar-refractivity contribution is 6.04. The van der Waals surface area contributed by atoms with Gasteiger partial charge in [0.05, 0.1) is 11.8 Å². The van der Waals surface area contributed by atoms with E-state index in [1.165, 1.54) is 6.42 Å². The molecule has 4 rings (SSSR count). The van der Waals surface area contributed by atoms with E-state index < -0.39 is 0 Å². The molecule has 1 saturated carbocycles. The largest absolute Gasteiger partial charge is 0.490 e. The van der Waals surface area contributed by atoms with Crippen molar-refractivity contribution in [2.45, 2.75) is 38.3 Å². The van der Waals surface area contributed by atoms with Crippen LogP contribution in [0.3, 0.4) is 0 Å². The molecule has 138 valence electrons. The van der Waals surface area contributed by atoms with Gasteiger partial charge in [-0.15, -0.1) is 12.4 Å². The molecule has 1 heterocycles. The van der Waals surface area contributed by atoms with Crippen molar-refractivity contribution in [1.82, 2.24) is 5.32 Å². The Morgan fingerprint density at radius 3 is 2.62 bits per heavy atom. The fraction of sp³-hybridized carbons (Fsp3) is 0.350. The zero-order valence-corrected chi connectivity index (χ0v) is 15.2. The van der Waals surface area contributed by atoms with Crippen molar-refractivity contribution in [2.24, 2.45) is 0 Å². The van der Waals surface area contributed by atoms with E-state index in [0.717, 1.165) is 30.7 Å². The van der Waals surface area contributed by atoms with Crippen molar-refractivity contribution in [2.75, 3.05) is 11.9 Å². The summed E-state index contributed by atoms with van der Waals surface area (Å²) in [6, 6.07) is 10.5. The van der Waals surface area contributed by atoms with Gasteiger partial charge in [0.15, 0.2) is 0 Å². The predicted molar refractivity (Wildman–Crippen MR) is 102 cm³/mol. The number of hydrogen-bond donors (Lipinski definition) is 2. The third-order valence-corrected chi connectivity index (χ3v) is 4.93. The summed E-state index contributed by atoms with van der Waals surface area (Å²) in [6.45, 7) is 1.42. The van der Waals surface area contributed by atoms with Crippen molar-refractivity contribution >= 4 is 24.0 Å². The first-order valence-corrected chi connectivity index (χ1v) is 8.80. The number of amides is 1. The van der Waals surface area contributed by atoms with Gasteiger partial charge in [0, 0.05) is 12.1 Å². The van der Waals surface area contributed by atoms with Gasteiger partial charge in [-0.3, -0.25) is 4.79 Å². The molecule has 1 aliphatic heterocycles. The van der Waals surface area contributed by atoms with E-state index in [-0.39, 0.29) is 29.8 Å². The standard InChI is InChI=1S/C20H21FN2O2.ClH/c21-19-17-10-11-22-12-14(17)6-9-18(19)23-20(24)13-4-7-16(8-5-13)25-15-2-1-3-15;/h4-9,15,22H,1-3,10-12H2,(H,23,24);1H. The van der Waals surface area contributed by atoms with E-state index in [9.17, 15) is 9.18 Å². The first kappa shape index (κ1) is 18.7. The molecule has 2 aromatic carbocycles. The number of rotatable bonds is 4. The van der Waals surface area contributed by atoms with Crippen molar-refractivity contribution in [1.29, 1.82) is 0 Å². The van der Waals surface area contributed by atoms with Gasteiger partial charge in [-0.1, -0.05) is 6.07 Å². The van der Waals surface area contributed by atoms with E-state index >= 15 is 0 Å². The molecule has 2 N–H and O–H groups in total. The summed E-state index contributed by atoms with van der Waals surface area (Å²) in [5.41, 5.74) is 2.38. The number of hydrogen-bond acceptors (Lipinski definition) is 3. The second kappa shape index (κ2) is 8.06. The van der Waals surface area contributed by atoms with Crippen LogP contribution in [0.4, 0.5) is 10.1 Å². The van der Waals surface area contributed by atoms with E-state index in [1.54, 1.807) is 30.3 Å². The van der Waals surface area contributed by atoms with Crippen LogP contribution in [-0.4, -0.2) is 18.6 Å². The van der Waals surface area contributed by atoms with E-state index in [4.69, 9.17) is 4.74 Å². The topological polar surface area (TPSA) is 50.4 Å². The van der Waals surface area contributed by atoms with Gasteiger partial charge < -0.3 is 15.4 Å². The van der Waals surface area contributed by atoms with Gasteiger partial charge in [0.25, 0.3) is 5.91 Å². The van der Waals surface area contributed by atoms with Crippen molar-refractivity contribution in [3.63, 3.8) is 0 Å². The Morgan fingerprint density at radius 2 is 1.92 bits per heavy atom. The Bertz CT molecular complexity index is 791. The number of nitrogens with one attached hydrogen (secondary N) is 2.